The third-order valence-electron chi connectivity index (χ3n) is 2.54. The topological polar surface area (TPSA) is 79.3 Å². The van der Waals surface area contributed by atoms with Crippen molar-refractivity contribution >= 4 is 21.4 Å². The summed E-state index contributed by atoms with van der Waals surface area (Å²) in [5.74, 6) is 5.58. The van der Waals surface area contributed by atoms with Crippen LogP contribution in [0.2, 0.25) is 0 Å². The molecule has 2 aromatic rings. The lowest BCUT2D eigenvalue weighted by Crippen LogP contribution is -2.23. The molecule has 0 radical (unpaired) electrons. The Balaban J connectivity index is 2.12. The Morgan fingerprint density at radius 1 is 1.38 bits per heavy atom. The van der Waals surface area contributed by atoms with Crippen molar-refractivity contribution in [3.8, 4) is 11.8 Å². The van der Waals surface area contributed by atoms with E-state index in [2.05, 4.69) is 21.5 Å². The number of hydrogen-bond donors (Lipinski definition) is 2. The number of sulfonamides is 1. The molecule has 0 amide bonds. The summed E-state index contributed by atoms with van der Waals surface area (Å²) in [5.41, 5.74) is 2.93. The van der Waals surface area contributed by atoms with E-state index in [9.17, 15) is 8.42 Å². The molecule has 0 bridgehead atoms. The Kier molecular flexibility index (Phi) is 5.47. The summed E-state index contributed by atoms with van der Waals surface area (Å²) in [4.78, 5) is 4.19. The zero-order chi connectivity index (χ0) is 15.1. The molecule has 0 aliphatic carbocycles. The van der Waals surface area contributed by atoms with Gasteiger partial charge in [0.15, 0.2) is 0 Å². The van der Waals surface area contributed by atoms with Crippen molar-refractivity contribution in [2.45, 2.75) is 17.9 Å². The van der Waals surface area contributed by atoms with Crippen molar-refractivity contribution in [2.24, 2.45) is 0 Å². The van der Waals surface area contributed by atoms with Gasteiger partial charge in [0, 0.05) is 17.4 Å². The van der Waals surface area contributed by atoms with Gasteiger partial charge in [-0.2, -0.15) is 0 Å². The predicted octanol–water partition coefficient (Wildman–Crippen LogP) is 1.36. The van der Waals surface area contributed by atoms with Crippen LogP contribution in [-0.2, 0) is 16.6 Å². The molecule has 1 aromatic heterocycles. The molecule has 7 heteroatoms. The van der Waals surface area contributed by atoms with Gasteiger partial charge in [-0.3, -0.25) is 0 Å². The highest BCUT2D eigenvalue weighted by molar-refractivity contribution is 7.89. The first-order valence-electron chi connectivity index (χ1n) is 6.18. The van der Waals surface area contributed by atoms with Crippen LogP contribution in [0.1, 0.15) is 17.7 Å². The van der Waals surface area contributed by atoms with Crippen molar-refractivity contribution < 1.29 is 13.5 Å². The quantitative estimate of drug-likeness (QED) is 0.815. The maximum absolute atomic E-state index is 12.2. The Bertz CT molecular complexity index is 744. The van der Waals surface area contributed by atoms with Gasteiger partial charge in [-0.25, -0.2) is 18.1 Å². The fourth-order valence-electron chi connectivity index (χ4n) is 1.54. The lowest BCUT2D eigenvalue weighted by Gasteiger charge is -2.05. The Morgan fingerprint density at radius 3 is 2.95 bits per heavy atom. The van der Waals surface area contributed by atoms with E-state index in [4.69, 9.17) is 5.11 Å². The van der Waals surface area contributed by atoms with E-state index in [1.807, 2.05) is 0 Å². The van der Waals surface area contributed by atoms with E-state index >= 15 is 0 Å². The summed E-state index contributed by atoms with van der Waals surface area (Å²) in [6, 6.07) is 6.39. The molecule has 0 unspecified atom stereocenters. The van der Waals surface area contributed by atoms with E-state index in [0.29, 0.717) is 17.7 Å². The number of aromatic nitrogens is 1. The smallest absolute Gasteiger partial charge is 0.240 e. The van der Waals surface area contributed by atoms with Crippen LogP contribution in [0.5, 0.6) is 0 Å². The number of hydrogen-bond acceptors (Lipinski definition) is 5. The van der Waals surface area contributed by atoms with Crippen molar-refractivity contribution in [3.05, 3.63) is 46.4 Å². The Hall–Kier alpha value is -1.72. The number of aliphatic hydroxyl groups excluding tert-OH is 1. The van der Waals surface area contributed by atoms with Gasteiger partial charge in [-0.05, 0) is 18.2 Å². The molecular weight excluding hydrogens is 308 g/mol. The van der Waals surface area contributed by atoms with Crippen LogP contribution in [-0.4, -0.2) is 25.1 Å². The lowest BCUT2D eigenvalue weighted by molar-refractivity contribution is 0.305. The van der Waals surface area contributed by atoms with Gasteiger partial charge < -0.3 is 5.11 Å². The largest absolute Gasteiger partial charge is 0.395 e. The number of nitrogens with one attached hydrogen (secondary N) is 1. The van der Waals surface area contributed by atoms with Crippen molar-refractivity contribution in [1.29, 1.82) is 0 Å². The van der Waals surface area contributed by atoms with Gasteiger partial charge >= 0.3 is 0 Å². The van der Waals surface area contributed by atoms with Gasteiger partial charge in [0.25, 0.3) is 0 Å². The minimum Gasteiger partial charge on any atom is -0.395 e. The van der Waals surface area contributed by atoms with Crippen molar-refractivity contribution in [3.63, 3.8) is 0 Å². The van der Waals surface area contributed by atoms with Gasteiger partial charge in [0.1, 0.15) is 0 Å². The molecule has 0 saturated heterocycles. The summed E-state index contributed by atoms with van der Waals surface area (Å²) >= 11 is 1.42. The van der Waals surface area contributed by atoms with Crippen LogP contribution in [0.25, 0.3) is 0 Å². The first kappa shape index (κ1) is 15.7. The molecule has 0 saturated carbocycles. The number of benzene rings is 1. The highest BCUT2D eigenvalue weighted by Crippen LogP contribution is 2.12. The van der Waals surface area contributed by atoms with Crippen LogP contribution in [0.15, 0.2) is 40.1 Å². The third kappa shape index (κ3) is 4.65. The monoisotopic (exact) mass is 322 g/mol. The maximum atomic E-state index is 12.2. The van der Waals surface area contributed by atoms with Crippen LogP contribution in [0.3, 0.4) is 0 Å². The highest BCUT2D eigenvalue weighted by Gasteiger charge is 2.14. The van der Waals surface area contributed by atoms with Gasteiger partial charge in [-0.1, -0.05) is 17.9 Å². The van der Waals surface area contributed by atoms with Crippen LogP contribution in [0.4, 0.5) is 0 Å². The average molecular weight is 322 g/mol. The van der Waals surface area contributed by atoms with Crippen LogP contribution >= 0.6 is 11.3 Å². The molecule has 0 aliphatic rings. The predicted molar refractivity (Wildman–Crippen MR) is 81.2 cm³/mol. The van der Waals surface area contributed by atoms with E-state index in [1.54, 1.807) is 23.0 Å². The van der Waals surface area contributed by atoms with E-state index < -0.39 is 10.0 Å². The summed E-state index contributed by atoms with van der Waals surface area (Å²) in [6.07, 6.45) is 0.360. The molecule has 0 fully saturated rings. The zero-order valence-electron chi connectivity index (χ0n) is 11.1. The second-order valence-corrected chi connectivity index (χ2v) is 6.59. The van der Waals surface area contributed by atoms with Gasteiger partial charge in [0.05, 0.1) is 29.3 Å². The van der Waals surface area contributed by atoms with Crippen LogP contribution < -0.4 is 4.72 Å². The van der Waals surface area contributed by atoms with Crippen LogP contribution in [0, 0.1) is 11.8 Å². The molecule has 0 atom stereocenters. The summed E-state index contributed by atoms with van der Waals surface area (Å²) in [6.45, 7) is 0.145. The molecule has 1 heterocycles. The summed E-state index contributed by atoms with van der Waals surface area (Å²) in [7, 11) is -3.59. The lowest BCUT2D eigenvalue weighted by atomic mass is 10.2. The zero-order valence-corrected chi connectivity index (χ0v) is 12.7. The first-order chi connectivity index (χ1) is 10.1. The summed E-state index contributed by atoms with van der Waals surface area (Å²) in [5, 5.41) is 10.5. The number of aliphatic hydroxyl groups is 1. The van der Waals surface area contributed by atoms with Gasteiger partial charge in [0.2, 0.25) is 10.0 Å². The Morgan fingerprint density at radius 2 is 2.24 bits per heavy atom. The first-order valence-corrected chi connectivity index (χ1v) is 8.61. The van der Waals surface area contributed by atoms with E-state index in [0.717, 1.165) is 0 Å². The molecule has 5 nitrogen and oxygen atoms in total. The standard InChI is InChI=1S/C14H14N2O3S2/c17-7-2-1-4-12-5-3-6-14(8-12)21(18,19)16-9-13-10-20-11-15-13/h3,5-6,8,10-11,16-17H,2,7,9H2. The fraction of sp³-hybridized carbons (Fsp3) is 0.214. The molecule has 0 spiro atoms. The van der Waals surface area contributed by atoms with E-state index in [1.165, 1.54) is 23.5 Å². The number of nitrogens with zero attached hydrogens (tertiary/aromatic N) is 1. The molecule has 110 valence electrons. The SMILES string of the molecule is O=S(=O)(NCc1cscn1)c1cccc(C#CCCO)c1. The molecule has 2 N–H and O–H groups in total. The minimum atomic E-state index is -3.59. The highest BCUT2D eigenvalue weighted by atomic mass is 32.2. The molecular formula is C14H14N2O3S2. The third-order valence-corrected chi connectivity index (χ3v) is 4.57. The van der Waals surface area contributed by atoms with E-state index in [-0.39, 0.29) is 18.0 Å². The van der Waals surface area contributed by atoms with Crippen molar-refractivity contribution in [1.82, 2.24) is 9.71 Å². The number of thiazole rings is 1. The molecule has 1 aromatic carbocycles. The second kappa shape index (κ2) is 7.33. The second-order valence-electron chi connectivity index (χ2n) is 4.11. The normalized spacial score (nSPS) is 10.9. The molecule has 21 heavy (non-hydrogen) atoms. The fourth-order valence-corrected chi connectivity index (χ4v) is 3.14. The Labute approximate surface area is 127 Å². The summed E-state index contributed by atoms with van der Waals surface area (Å²) < 4.78 is 26.9. The molecule has 0 aliphatic heterocycles. The maximum Gasteiger partial charge on any atom is 0.240 e. The van der Waals surface area contributed by atoms with Gasteiger partial charge in [-0.15, -0.1) is 11.3 Å². The minimum absolute atomic E-state index is 0.0137. The average Bonchev–Trinajstić information content (AvgIpc) is 2.99. The number of rotatable bonds is 5. The van der Waals surface area contributed by atoms with Crippen molar-refractivity contribution in [2.75, 3.05) is 6.61 Å². The molecule has 2 rings (SSSR count).